The molecule has 5 heteroatoms. The van der Waals surface area contributed by atoms with Crippen molar-refractivity contribution in [2.45, 2.75) is 0 Å². The fourth-order valence-electron chi connectivity index (χ4n) is 1.03. The minimum absolute atomic E-state index is 0.560. The maximum atomic E-state index is 5.04. The van der Waals surface area contributed by atoms with E-state index >= 15 is 0 Å². The van der Waals surface area contributed by atoms with Gasteiger partial charge in [0.05, 0.1) is 12.5 Å². The number of methoxy groups -OCH3 is 1. The van der Waals surface area contributed by atoms with Gasteiger partial charge in [0.25, 0.3) is 0 Å². The van der Waals surface area contributed by atoms with Crippen molar-refractivity contribution in [1.82, 2.24) is 15.2 Å². The summed E-state index contributed by atoms with van der Waals surface area (Å²) in [4.78, 5) is 4.08. The lowest BCUT2D eigenvalue weighted by Gasteiger charge is -1.94. The molecule has 0 fully saturated rings. The molecule has 0 atom stereocenters. The van der Waals surface area contributed by atoms with Crippen LogP contribution < -0.4 is 4.74 Å². The van der Waals surface area contributed by atoms with Gasteiger partial charge in [0.1, 0.15) is 0 Å². The highest BCUT2D eigenvalue weighted by molar-refractivity contribution is 9.10. The number of aromatic nitrogens is 3. The molecule has 2 rings (SSSR count). The normalized spacial score (nSPS) is 10.5. The minimum Gasteiger partial charge on any atom is -0.479 e. The van der Waals surface area contributed by atoms with Crippen molar-refractivity contribution in [3.05, 3.63) is 16.7 Å². The summed E-state index contributed by atoms with van der Waals surface area (Å²) in [6.07, 6.45) is 1.70. The molecule has 0 saturated heterocycles. The van der Waals surface area contributed by atoms with Gasteiger partial charge in [0.2, 0.25) is 5.88 Å². The van der Waals surface area contributed by atoms with Gasteiger partial charge in [-0.05, 0) is 22.0 Å². The molecule has 0 radical (unpaired) electrons. The smallest absolute Gasteiger partial charge is 0.243 e. The van der Waals surface area contributed by atoms with E-state index in [2.05, 4.69) is 31.1 Å². The highest BCUT2D eigenvalue weighted by atomic mass is 79.9. The Kier molecular flexibility index (Phi) is 1.73. The Labute approximate surface area is 77.1 Å². The van der Waals surface area contributed by atoms with Crippen molar-refractivity contribution in [2.75, 3.05) is 7.11 Å². The number of hydrogen-bond acceptors (Lipinski definition) is 3. The van der Waals surface area contributed by atoms with Crippen molar-refractivity contribution in [3.63, 3.8) is 0 Å². The largest absolute Gasteiger partial charge is 0.479 e. The van der Waals surface area contributed by atoms with Crippen LogP contribution in [0.3, 0.4) is 0 Å². The van der Waals surface area contributed by atoms with Crippen molar-refractivity contribution in [2.24, 2.45) is 0 Å². The van der Waals surface area contributed by atoms with Crippen LogP contribution in [0.15, 0.2) is 16.7 Å². The third-order valence-electron chi connectivity index (χ3n) is 1.57. The quantitative estimate of drug-likeness (QED) is 0.808. The SMILES string of the molecule is COc1n[nH]c2nccc(Br)c12. The van der Waals surface area contributed by atoms with Crippen molar-refractivity contribution in [1.29, 1.82) is 0 Å². The average molecular weight is 228 g/mol. The molecule has 2 aromatic rings. The number of H-pyrrole nitrogens is 1. The number of hydrogen-bond donors (Lipinski definition) is 1. The summed E-state index contributed by atoms with van der Waals surface area (Å²) in [5.41, 5.74) is 0.723. The fraction of sp³-hybridized carbons (Fsp3) is 0.143. The molecule has 0 saturated carbocycles. The summed E-state index contributed by atoms with van der Waals surface area (Å²) < 4.78 is 5.96. The molecule has 0 aliphatic carbocycles. The fourth-order valence-corrected chi connectivity index (χ4v) is 1.51. The van der Waals surface area contributed by atoms with Crippen LogP contribution in [0.25, 0.3) is 11.0 Å². The van der Waals surface area contributed by atoms with E-state index in [1.807, 2.05) is 6.07 Å². The Balaban J connectivity index is 2.83. The van der Waals surface area contributed by atoms with Gasteiger partial charge in [0.15, 0.2) is 5.65 Å². The predicted molar refractivity (Wildman–Crippen MR) is 48.1 cm³/mol. The summed E-state index contributed by atoms with van der Waals surface area (Å²) in [5.74, 6) is 0.560. The first-order chi connectivity index (χ1) is 5.83. The molecule has 1 N–H and O–H groups in total. The topological polar surface area (TPSA) is 50.8 Å². The number of halogens is 1. The van der Waals surface area contributed by atoms with E-state index in [4.69, 9.17) is 4.74 Å². The van der Waals surface area contributed by atoms with Crippen LogP contribution in [0, 0.1) is 0 Å². The molecule has 0 aromatic carbocycles. The Bertz CT molecular complexity index is 412. The zero-order valence-corrected chi connectivity index (χ0v) is 7.92. The van der Waals surface area contributed by atoms with Gasteiger partial charge in [-0.3, -0.25) is 5.10 Å². The molecule has 0 aliphatic heterocycles. The number of nitrogens with one attached hydrogen (secondary N) is 1. The summed E-state index contributed by atoms with van der Waals surface area (Å²) in [7, 11) is 1.58. The van der Waals surface area contributed by atoms with E-state index in [0.717, 1.165) is 15.5 Å². The van der Waals surface area contributed by atoms with Crippen LogP contribution in [-0.4, -0.2) is 22.3 Å². The van der Waals surface area contributed by atoms with Crippen LogP contribution in [-0.2, 0) is 0 Å². The zero-order valence-electron chi connectivity index (χ0n) is 6.34. The standard InChI is InChI=1S/C7H6BrN3O/c1-12-7-5-4(8)2-3-9-6(5)10-11-7/h2-3H,1H3,(H,9,10,11). The molecular formula is C7H6BrN3O. The van der Waals surface area contributed by atoms with Gasteiger partial charge in [-0.1, -0.05) is 0 Å². The average Bonchev–Trinajstić information content (AvgIpc) is 2.49. The van der Waals surface area contributed by atoms with E-state index in [0.29, 0.717) is 5.88 Å². The Morgan fingerprint density at radius 3 is 3.17 bits per heavy atom. The van der Waals surface area contributed by atoms with E-state index in [1.54, 1.807) is 13.3 Å². The van der Waals surface area contributed by atoms with E-state index in [9.17, 15) is 0 Å². The summed E-state index contributed by atoms with van der Waals surface area (Å²) in [6, 6.07) is 1.85. The number of nitrogens with zero attached hydrogens (tertiary/aromatic N) is 2. The lowest BCUT2D eigenvalue weighted by atomic mass is 10.3. The molecule has 2 heterocycles. The lowest BCUT2D eigenvalue weighted by molar-refractivity contribution is 0.401. The first-order valence-electron chi connectivity index (χ1n) is 3.35. The van der Waals surface area contributed by atoms with Crippen LogP contribution in [0.5, 0.6) is 5.88 Å². The van der Waals surface area contributed by atoms with Crippen LogP contribution in [0.4, 0.5) is 0 Å². The highest BCUT2D eigenvalue weighted by Gasteiger charge is 2.08. The van der Waals surface area contributed by atoms with Gasteiger partial charge in [0, 0.05) is 10.7 Å². The number of rotatable bonds is 1. The molecule has 62 valence electrons. The van der Waals surface area contributed by atoms with Gasteiger partial charge in [-0.15, -0.1) is 5.10 Å². The lowest BCUT2D eigenvalue weighted by Crippen LogP contribution is -1.82. The first kappa shape index (κ1) is 7.54. The third-order valence-corrected chi connectivity index (χ3v) is 2.23. The summed E-state index contributed by atoms with van der Waals surface area (Å²) in [5, 5.41) is 7.57. The molecule has 2 aromatic heterocycles. The predicted octanol–water partition coefficient (Wildman–Crippen LogP) is 1.73. The van der Waals surface area contributed by atoms with E-state index in [-0.39, 0.29) is 0 Å². The Morgan fingerprint density at radius 2 is 2.42 bits per heavy atom. The number of pyridine rings is 1. The van der Waals surface area contributed by atoms with E-state index < -0.39 is 0 Å². The first-order valence-corrected chi connectivity index (χ1v) is 4.15. The Hall–Kier alpha value is -1.10. The van der Waals surface area contributed by atoms with Crippen LogP contribution in [0.2, 0.25) is 0 Å². The molecule has 0 aliphatic rings. The monoisotopic (exact) mass is 227 g/mol. The van der Waals surface area contributed by atoms with E-state index in [1.165, 1.54) is 0 Å². The van der Waals surface area contributed by atoms with Gasteiger partial charge in [-0.2, -0.15) is 0 Å². The molecule has 0 amide bonds. The number of fused-ring (bicyclic) bond motifs is 1. The van der Waals surface area contributed by atoms with Crippen LogP contribution >= 0.6 is 15.9 Å². The molecular weight excluding hydrogens is 222 g/mol. The molecule has 0 bridgehead atoms. The second kappa shape index (κ2) is 2.75. The molecule has 0 spiro atoms. The van der Waals surface area contributed by atoms with Crippen molar-refractivity contribution >= 4 is 27.0 Å². The molecule has 4 nitrogen and oxygen atoms in total. The Morgan fingerprint density at radius 1 is 1.58 bits per heavy atom. The maximum absolute atomic E-state index is 5.04. The molecule has 0 unspecified atom stereocenters. The second-order valence-electron chi connectivity index (χ2n) is 2.25. The molecule has 12 heavy (non-hydrogen) atoms. The maximum Gasteiger partial charge on any atom is 0.243 e. The summed E-state index contributed by atoms with van der Waals surface area (Å²) >= 11 is 3.39. The minimum atomic E-state index is 0.560. The highest BCUT2D eigenvalue weighted by Crippen LogP contribution is 2.28. The number of aromatic amines is 1. The van der Waals surface area contributed by atoms with Gasteiger partial charge < -0.3 is 4.74 Å². The van der Waals surface area contributed by atoms with Gasteiger partial charge in [-0.25, -0.2) is 4.98 Å². The van der Waals surface area contributed by atoms with Crippen molar-refractivity contribution < 1.29 is 4.74 Å². The summed E-state index contributed by atoms with van der Waals surface area (Å²) in [6.45, 7) is 0. The van der Waals surface area contributed by atoms with Crippen LogP contribution in [0.1, 0.15) is 0 Å². The third kappa shape index (κ3) is 0.972. The zero-order chi connectivity index (χ0) is 8.55. The second-order valence-corrected chi connectivity index (χ2v) is 3.10. The van der Waals surface area contributed by atoms with Gasteiger partial charge >= 0.3 is 0 Å². The number of ether oxygens (including phenoxy) is 1. The van der Waals surface area contributed by atoms with Crippen molar-refractivity contribution in [3.8, 4) is 5.88 Å².